The zero-order valence-electron chi connectivity index (χ0n) is 7.98. The first kappa shape index (κ1) is 10.2. The summed E-state index contributed by atoms with van der Waals surface area (Å²) in [6, 6.07) is 0. The lowest BCUT2D eigenvalue weighted by Gasteiger charge is -2.23. The summed E-state index contributed by atoms with van der Waals surface area (Å²) >= 11 is 1.52. The van der Waals surface area contributed by atoms with E-state index in [0.29, 0.717) is 0 Å². The van der Waals surface area contributed by atoms with Gasteiger partial charge in [-0.3, -0.25) is 4.90 Å². The largest absolute Gasteiger partial charge is 0.443 e. The van der Waals surface area contributed by atoms with E-state index in [9.17, 15) is 4.79 Å². The summed E-state index contributed by atoms with van der Waals surface area (Å²) in [5.41, 5.74) is -0.441. The predicted octanol–water partition coefficient (Wildman–Crippen LogP) is 2.91. The average Bonchev–Trinajstić information content (AvgIpc) is 2.03. The van der Waals surface area contributed by atoms with E-state index >= 15 is 0 Å². The van der Waals surface area contributed by atoms with Gasteiger partial charge in [0.1, 0.15) is 5.60 Å². The van der Waals surface area contributed by atoms with Crippen LogP contribution in [0.25, 0.3) is 0 Å². The molecule has 0 atom stereocenters. The highest BCUT2D eigenvalue weighted by atomic mass is 32.2. The minimum atomic E-state index is -0.441. The molecule has 0 aromatic carbocycles. The molecule has 0 aromatic heterocycles. The molecule has 1 aliphatic rings. The van der Waals surface area contributed by atoms with Gasteiger partial charge in [0.2, 0.25) is 0 Å². The lowest BCUT2D eigenvalue weighted by molar-refractivity contribution is 0.0400. The molecular weight excluding hydrogens is 186 g/mol. The van der Waals surface area contributed by atoms with Crippen molar-refractivity contribution in [2.75, 3.05) is 0 Å². The van der Waals surface area contributed by atoms with Gasteiger partial charge in [0.05, 0.1) is 0 Å². The summed E-state index contributed by atoms with van der Waals surface area (Å²) in [5, 5.41) is 3.65. The Morgan fingerprint density at radius 3 is 2.31 bits per heavy atom. The second kappa shape index (κ2) is 3.87. The zero-order chi connectivity index (χ0) is 9.90. The molecule has 72 valence electrons. The van der Waals surface area contributed by atoms with Crippen molar-refractivity contribution in [3.8, 4) is 0 Å². The Kier molecular flexibility index (Phi) is 3.03. The molecular formula is C9H13NO2S. The third-order valence-corrected chi connectivity index (χ3v) is 1.76. The fourth-order valence-corrected chi connectivity index (χ4v) is 1.23. The van der Waals surface area contributed by atoms with Crippen LogP contribution in [0.3, 0.4) is 0 Å². The van der Waals surface area contributed by atoms with E-state index < -0.39 is 5.60 Å². The number of rotatable bonds is 0. The molecule has 0 spiro atoms. The van der Waals surface area contributed by atoms with Gasteiger partial charge in [0.15, 0.2) is 0 Å². The van der Waals surface area contributed by atoms with E-state index in [4.69, 9.17) is 4.74 Å². The molecule has 1 amide bonds. The molecule has 0 aromatic rings. The SMILES string of the molecule is CC(C)(C)OC(=O)N1C=CSC=C1. The minimum absolute atomic E-state index is 0.347. The van der Waals surface area contributed by atoms with Crippen molar-refractivity contribution in [2.24, 2.45) is 0 Å². The first-order chi connectivity index (χ1) is 5.99. The van der Waals surface area contributed by atoms with Gasteiger partial charge in [-0.05, 0) is 31.6 Å². The number of nitrogens with zero attached hydrogens (tertiary/aromatic N) is 1. The summed E-state index contributed by atoms with van der Waals surface area (Å²) in [4.78, 5) is 12.8. The summed E-state index contributed by atoms with van der Waals surface area (Å²) in [6.07, 6.45) is 3.01. The molecule has 3 nitrogen and oxygen atoms in total. The maximum Gasteiger partial charge on any atom is 0.418 e. The first-order valence-corrected chi connectivity index (χ1v) is 4.93. The van der Waals surface area contributed by atoms with Crippen LogP contribution in [-0.4, -0.2) is 16.6 Å². The molecule has 0 fully saturated rings. The molecule has 0 aliphatic carbocycles. The Morgan fingerprint density at radius 1 is 1.31 bits per heavy atom. The number of carbonyl (C=O) groups excluding carboxylic acids is 1. The van der Waals surface area contributed by atoms with Crippen LogP contribution >= 0.6 is 11.8 Å². The van der Waals surface area contributed by atoms with Gasteiger partial charge in [-0.15, -0.1) is 11.8 Å². The molecule has 1 aliphatic heterocycles. The van der Waals surface area contributed by atoms with Crippen LogP contribution in [0, 0.1) is 0 Å². The number of hydrogen-bond donors (Lipinski definition) is 0. The standard InChI is InChI=1S/C9H13NO2S/c1-9(2,3)12-8(11)10-4-6-13-7-5-10/h4-7H,1-3H3. The van der Waals surface area contributed by atoms with Crippen molar-refractivity contribution in [1.29, 1.82) is 0 Å². The van der Waals surface area contributed by atoms with Gasteiger partial charge in [-0.25, -0.2) is 4.79 Å². The second-order valence-corrected chi connectivity index (χ2v) is 4.41. The van der Waals surface area contributed by atoms with Crippen LogP contribution < -0.4 is 0 Å². The maximum absolute atomic E-state index is 11.4. The summed E-state index contributed by atoms with van der Waals surface area (Å²) in [7, 11) is 0. The van der Waals surface area contributed by atoms with Gasteiger partial charge in [0, 0.05) is 12.4 Å². The van der Waals surface area contributed by atoms with Gasteiger partial charge in [-0.1, -0.05) is 0 Å². The van der Waals surface area contributed by atoms with E-state index in [1.807, 2.05) is 31.6 Å². The van der Waals surface area contributed by atoms with Crippen molar-refractivity contribution in [3.63, 3.8) is 0 Å². The van der Waals surface area contributed by atoms with Gasteiger partial charge in [-0.2, -0.15) is 0 Å². The topological polar surface area (TPSA) is 29.5 Å². The fraction of sp³-hybridized carbons (Fsp3) is 0.444. The summed E-state index contributed by atoms with van der Waals surface area (Å²) in [5.74, 6) is 0. The molecule has 13 heavy (non-hydrogen) atoms. The van der Waals surface area contributed by atoms with Crippen molar-refractivity contribution >= 4 is 17.9 Å². The van der Waals surface area contributed by atoms with E-state index in [0.717, 1.165) is 0 Å². The molecule has 1 heterocycles. The first-order valence-electron chi connectivity index (χ1n) is 3.99. The molecule has 0 radical (unpaired) electrons. The highest BCUT2D eigenvalue weighted by molar-refractivity contribution is 8.04. The smallest absolute Gasteiger partial charge is 0.418 e. The van der Waals surface area contributed by atoms with Crippen LogP contribution in [0.4, 0.5) is 4.79 Å². The highest BCUT2D eigenvalue weighted by Crippen LogP contribution is 2.16. The van der Waals surface area contributed by atoms with Crippen molar-refractivity contribution in [2.45, 2.75) is 26.4 Å². The number of amides is 1. The third-order valence-electron chi connectivity index (χ3n) is 1.20. The molecule has 0 saturated heterocycles. The van der Waals surface area contributed by atoms with Crippen LogP contribution in [-0.2, 0) is 4.74 Å². The maximum atomic E-state index is 11.4. The molecule has 0 saturated carbocycles. The van der Waals surface area contributed by atoms with Gasteiger partial charge >= 0.3 is 6.09 Å². The van der Waals surface area contributed by atoms with E-state index in [2.05, 4.69) is 0 Å². The lowest BCUT2D eigenvalue weighted by atomic mass is 10.2. The number of ether oxygens (including phenoxy) is 1. The predicted molar refractivity (Wildman–Crippen MR) is 53.9 cm³/mol. The van der Waals surface area contributed by atoms with Gasteiger partial charge in [0.25, 0.3) is 0 Å². The highest BCUT2D eigenvalue weighted by Gasteiger charge is 2.19. The Bertz CT molecular complexity index is 241. The van der Waals surface area contributed by atoms with Crippen LogP contribution in [0.1, 0.15) is 20.8 Å². The average molecular weight is 199 g/mol. The molecule has 0 N–H and O–H groups in total. The molecule has 0 unspecified atom stereocenters. The van der Waals surface area contributed by atoms with Crippen molar-refractivity contribution in [3.05, 3.63) is 23.2 Å². The Labute approximate surface area is 82.4 Å². The third kappa shape index (κ3) is 3.55. The molecule has 1 rings (SSSR count). The molecule has 0 bridgehead atoms. The van der Waals surface area contributed by atoms with E-state index in [1.54, 1.807) is 12.4 Å². The number of thioether (sulfide) groups is 1. The monoisotopic (exact) mass is 199 g/mol. The van der Waals surface area contributed by atoms with Crippen LogP contribution in [0.15, 0.2) is 23.2 Å². The Morgan fingerprint density at radius 2 is 1.85 bits per heavy atom. The van der Waals surface area contributed by atoms with Crippen LogP contribution in [0.2, 0.25) is 0 Å². The van der Waals surface area contributed by atoms with Crippen molar-refractivity contribution in [1.82, 2.24) is 4.90 Å². The number of carbonyl (C=O) groups is 1. The summed E-state index contributed by atoms with van der Waals surface area (Å²) in [6.45, 7) is 5.53. The quantitative estimate of drug-likeness (QED) is 0.600. The van der Waals surface area contributed by atoms with Crippen LogP contribution in [0.5, 0.6) is 0 Å². The normalized spacial score (nSPS) is 16.1. The Hall–Kier alpha value is -0.900. The zero-order valence-corrected chi connectivity index (χ0v) is 8.80. The lowest BCUT2D eigenvalue weighted by Crippen LogP contribution is -2.30. The van der Waals surface area contributed by atoms with E-state index in [-0.39, 0.29) is 6.09 Å². The van der Waals surface area contributed by atoms with E-state index in [1.165, 1.54) is 16.7 Å². The molecule has 4 heteroatoms. The number of hydrogen-bond acceptors (Lipinski definition) is 3. The van der Waals surface area contributed by atoms with Crippen molar-refractivity contribution < 1.29 is 9.53 Å². The minimum Gasteiger partial charge on any atom is -0.443 e. The Balaban J connectivity index is 2.53. The van der Waals surface area contributed by atoms with Gasteiger partial charge < -0.3 is 4.74 Å². The second-order valence-electron chi connectivity index (χ2n) is 3.59. The summed E-state index contributed by atoms with van der Waals surface area (Å²) < 4.78 is 5.15. The fourth-order valence-electron chi connectivity index (χ4n) is 0.733.